The highest BCUT2D eigenvalue weighted by atomic mass is 16.4. The smallest absolute Gasteiger partial charge is 0.351 e. The van der Waals surface area contributed by atoms with E-state index in [0.29, 0.717) is 17.4 Å². The number of aromatic carboxylic acids is 1. The zero-order valence-corrected chi connectivity index (χ0v) is 12.0. The molecular weight excluding hydrogens is 280 g/mol. The Kier molecular flexibility index (Phi) is 3.51. The maximum Gasteiger partial charge on any atom is 0.351 e. The molecule has 0 spiro atoms. The van der Waals surface area contributed by atoms with E-state index in [0.717, 1.165) is 16.7 Å². The van der Waals surface area contributed by atoms with Crippen LogP contribution in [0, 0.1) is 0 Å². The lowest BCUT2D eigenvalue weighted by atomic mass is 9.97. The molecule has 3 aromatic rings. The van der Waals surface area contributed by atoms with E-state index in [1.54, 1.807) is 0 Å². The highest BCUT2D eigenvalue weighted by Crippen LogP contribution is 2.31. The fourth-order valence-electron chi connectivity index (χ4n) is 2.56. The fourth-order valence-corrected chi connectivity index (χ4v) is 2.56. The van der Waals surface area contributed by atoms with Gasteiger partial charge in [0.05, 0.1) is 0 Å². The average Bonchev–Trinajstić information content (AvgIpc) is 2.53. The molecule has 1 aromatic heterocycles. The first-order chi connectivity index (χ1) is 10.6. The van der Waals surface area contributed by atoms with Crippen LogP contribution in [-0.2, 0) is 6.42 Å². The van der Waals surface area contributed by atoms with Crippen molar-refractivity contribution in [2.45, 2.75) is 13.3 Å². The zero-order chi connectivity index (χ0) is 15.7. The Morgan fingerprint density at radius 3 is 2.50 bits per heavy atom. The van der Waals surface area contributed by atoms with Gasteiger partial charge in [-0.1, -0.05) is 49.4 Å². The molecule has 0 bridgehead atoms. The van der Waals surface area contributed by atoms with Crippen LogP contribution in [0.3, 0.4) is 0 Å². The molecule has 0 saturated heterocycles. The van der Waals surface area contributed by atoms with Crippen molar-refractivity contribution in [3.63, 3.8) is 0 Å². The van der Waals surface area contributed by atoms with Crippen molar-refractivity contribution in [2.75, 3.05) is 0 Å². The molecule has 1 N–H and O–H groups in total. The van der Waals surface area contributed by atoms with Crippen LogP contribution in [0.1, 0.15) is 22.8 Å². The Morgan fingerprint density at radius 2 is 1.86 bits per heavy atom. The van der Waals surface area contributed by atoms with Gasteiger partial charge in [0.25, 0.3) is 0 Å². The van der Waals surface area contributed by atoms with Crippen molar-refractivity contribution in [2.24, 2.45) is 0 Å². The SMILES string of the molecule is CCc1ccc(-c2ccccc2)c2cc(C(=O)O)c(=O)oc12. The second kappa shape index (κ2) is 5.48. The second-order valence-corrected chi connectivity index (χ2v) is 4.99. The number of carboxylic acids is 1. The second-order valence-electron chi connectivity index (χ2n) is 4.99. The van der Waals surface area contributed by atoms with Crippen LogP contribution < -0.4 is 5.63 Å². The van der Waals surface area contributed by atoms with Crippen molar-refractivity contribution >= 4 is 16.9 Å². The van der Waals surface area contributed by atoms with Crippen molar-refractivity contribution < 1.29 is 14.3 Å². The summed E-state index contributed by atoms with van der Waals surface area (Å²) in [6.07, 6.45) is 0.695. The lowest BCUT2D eigenvalue weighted by Crippen LogP contribution is -2.13. The number of carboxylic acid groups (broad SMARTS) is 1. The summed E-state index contributed by atoms with van der Waals surface area (Å²) in [7, 11) is 0. The topological polar surface area (TPSA) is 67.5 Å². The molecule has 0 amide bonds. The minimum atomic E-state index is -1.28. The maximum atomic E-state index is 11.8. The lowest BCUT2D eigenvalue weighted by molar-refractivity contribution is 0.0692. The summed E-state index contributed by atoms with van der Waals surface area (Å²) in [5.74, 6) is -1.28. The molecule has 1 heterocycles. The van der Waals surface area contributed by atoms with Gasteiger partial charge in [-0.3, -0.25) is 0 Å². The van der Waals surface area contributed by atoms with E-state index >= 15 is 0 Å². The molecule has 0 atom stereocenters. The molecule has 0 aliphatic heterocycles. The first-order valence-corrected chi connectivity index (χ1v) is 7.00. The molecule has 0 saturated carbocycles. The normalized spacial score (nSPS) is 10.8. The minimum absolute atomic E-state index is 0.349. The Hall–Kier alpha value is -2.88. The first kappa shape index (κ1) is 14.1. The third-order valence-electron chi connectivity index (χ3n) is 3.68. The van der Waals surface area contributed by atoms with Gasteiger partial charge in [0.2, 0.25) is 0 Å². The predicted octanol–water partition coefficient (Wildman–Crippen LogP) is 3.72. The summed E-state index contributed by atoms with van der Waals surface area (Å²) in [4.78, 5) is 23.1. The monoisotopic (exact) mass is 294 g/mol. The molecule has 4 nitrogen and oxygen atoms in total. The standard InChI is InChI=1S/C18H14O4/c1-2-11-8-9-13(12-6-4-3-5-7-12)14-10-15(17(19)20)18(21)22-16(11)14/h3-10H,2H2,1H3,(H,19,20). The molecule has 4 heteroatoms. The van der Waals surface area contributed by atoms with Gasteiger partial charge >= 0.3 is 11.6 Å². The van der Waals surface area contributed by atoms with Crippen molar-refractivity contribution in [3.05, 3.63) is 70.1 Å². The van der Waals surface area contributed by atoms with Gasteiger partial charge in [-0.25, -0.2) is 9.59 Å². The van der Waals surface area contributed by atoms with E-state index in [1.807, 2.05) is 49.4 Å². The summed E-state index contributed by atoms with van der Waals surface area (Å²) >= 11 is 0. The van der Waals surface area contributed by atoms with E-state index in [-0.39, 0.29) is 5.56 Å². The molecule has 110 valence electrons. The van der Waals surface area contributed by atoms with Gasteiger partial charge in [0, 0.05) is 5.39 Å². The lowest BCUT2D eigenvalue weighted by Gasteiger charge is -2.10. The first-order valence-electron chi connectivity index (χ1n) is 7.00. The molecule has 22 heavy (non-hydrogen) atoms. The number of rotatable bonds is 3. The van der Waals surface area contributed by atoms with Crippen LogP contribution in [0.5, 0.6) is 0 Å². The predicted molar refractivity (Wildman–Crippen MR) is 84.3 cm³/mol. The highest BCUT2D eigenvalue weighted by Gasteiger charge is 2.16. The number of hydrogen-bond acceptors (Lipinski definition) is 3. The molecule has 2 aromatic carbocycles. The quantitative estimate of drug-likeness (QED) is 0.747. The summed E-state index contributed by atoms with van der Waals surface area (Å²) in [5, 5.41) is 9.79. The molecule has 0 unspecified atom stereocenters. The third-order valence-corrected chi connectivity index (χ3v) is 3.68. The van der Waals surface area contributed by atoms with E-state index in [1.165, 1.54) is 6.07 Å². The van der Waals surface area contributed by atoms with Crippen molar-refractivity contribution in [1.82, 2.24) is 0 Å². The van der Waals surface area contributed by atoms with Crippen LogP contribution in [0.25, 0.3) is 22.1 Å². The number of hydrogen-bond donors (Lipinski definition) is 1. The molecule has 0 fully saturated rings. The summed E-state index contributed by atoms with van der Waals surface area (Å²) < 4.78 is 5.30. The Morgan fingerprint density at radius 1 is 1.14 bits per heavy atom. The van der Waals surface area contributed by atoms with Gasteiger partial charge < -0.3 is 9.52 Å². The molecule has 0 aliphatic carbocycles. The third kappa shape index (κ3) is 2.29. The van der Waals surface area contributed by atoms with Crippen LogP contribution in [0.2, 0.25) is 0 Å². The van der Waals surface area contributed by atoms with Crippen LogP contribution >= 0.6 is 0 Å². The number of benzene rings is 2. The van der Waals surface area contributed by atoms with Crippen LogP contribution in [-0.4, -0.2) is 11.1 Å². The van der Waals surface area contributed by atoms with E-state index < -0.39 is 11.6 Å². The van der Waals surface area contributed by atoms with Crippen LogP contribution in [0.15, 0.2) is 57.7 Å². The minimum Gasteiger partial charge on any atom is -0.477 e. The average molecular weight is 294 g/mol. The van der Waals surface area contributed by atoms with Gasteiger partial charge in [0.1, 0.15) is 11.1 Å². The maximum absolute atomic E-state index is 11.8. The summed E-state index contributed by atoms with van der Waals surface area (Å²) in [6, 6.07) is 14.9. The fraction of sp³-hybridized carbons (Fsp3) is 0.111. The van der Waals surface area contributed by atoms with Crippen molar-refractivity contribution in [3.8, 4) is 11.1 Å². The summed E-state index contributed by atoms with van der Waals surface area (Å²) in [6.45, 7) is 1.96. The molecule has 0 radical (unpaired) electrons. The number of fused-ring (bicyclic) bond motifs is 1. The Balaban J connectivity index is 2.42. The Labute approximate surface area is 126 Å². The van der Waals surface area contributed by atoms with E-state index in [4.69, 9.17) is 9.52 Å². The summed E-state index contributed by atoms with van der Waals surface area (Å²) in [5.41, 5.74) is 1.96. The van der Waals surface area contributed by atoms with Crippen molar-refractivity contribution in [1.29, 1.82) is 0 Å². The van der Waals surface area contributed by atoms with Gasteiger partial charge in [0.15, 0.2) is 0 Å². The zero-order valence-electron chi connectivity index (χ0n) is 12.0. The van der Waals surface area contributed by atoms with Gasteiger partial charge in [-0.2, -0.15) is 0 Å². The molecule has 0 aliphatic rings. The number of aryl methyl sites for hydroxylation is 1. The van der Waals surface area contributed by atoms with Crippen LogP contribution in [0.4, 0.5) is 0 Å². The van der Waals surface area contributed by atoms with E-state index in [9.17, 15) is 9.59 Å². The molecular formula is C18H14O4. The molecule has 3 rings (SSSR count). The van der Waals surface area contributed by atoms with Gasteiger partial charge in [-0.15, -0.1) is 0 Å². The van der Waals surface area contributed by atoms with Gasteiger partial charge in [-0.05, 0) is 29.2 Å². The highest BCUT2D eigenvalue weighted by molar-refractivity contribution is 5.99. The Bertz CT molecular complexity index is 908. The largest absolute Gasteiger partial charge is 0.477 e. The number of carbonyl (C=O) groups is 1. The van der Waals surface area contributed by atoms with E-state index in [2.05, 4.69) is 0 Å².